The number of methoxy groups -OCH3 is 1. The Balaban J connectivity index is 2.47. The zero-order valence-electron chi connectivity index (χ0n) is 9.02. The standard InChI is InChI=1S/C9H14N4O2/c1-6(15-3)13-5-12(2)7-8(13)10-4-11-9(7)14/h4,6H,5H2,1-3H3,(H,10,11,14). The number of aromatic nitrogens is 2. The van der Waals surface area contributed by atoms with Gasteiger partial charge in [0.25, 0.3) is 5.56 Å². The van der Waals surface area contributed by atoms with Crippen LogP contribution in [0.4, 0.5) is 11.5 Å². The van der Waals surface area contributed by atoms with Crippen molar-refractivity contribution in [1.82, 2.24) is 9.97 Å². The van der Waals surface area contributed by atoms with Crippen molar-refractivity contribution in [3.05, 3.63) is 16.7 Å². The molecule has 0 saturated carbocycles. The van der Waals surface area contributed by atoms with Gasteiger partial charge in [-0.25, -0.2) is 4.98 Å². The molecule has 1 N–H and O–H groups in total. The maximum absolute atomic E-state index is 11.6. The first-order chi connectivity index (χ1) is 7.15. The van der Waals surface area contributed by atoms with Gasteiger partial charge in [0.15, 0.2) is 5.82 Å². The fourth-order valence-corrected chi connectivity index (χ4v) is 1.72. The lowest BCUT2D eigenvalue weighted by Gasteiger charge is -2.24. The first-order valence-corrected chi connectivity index (χ1v) is 4.73. The van der Waals surface area contributed by atoms with E-state index in [0.717, 1.165) is 0 Å². The molecule has 0 bridgehead atoms. The third-order valence-corrected chi connectivity index (χ3v) is 2.61. The average Bonchev–Trinajstić information content (AvgIpc) is 2.56. The molecule has 6 heteroatoms. The zero-order chi connectivity index (χ0) is 11.0. The Morgan fingerprint density at radius 3 is 3.07 bits per heavy atom. The molecule has 2 rings (SSSR count). The van der Waals surface area contributed by atoms with E-state index >= 15 is 0 Å². The van der Waals surface area contributed by atoms with Crippen LogP contribution in [0, 0.1) is 0 Å². The smallest absolute Gasteiger partial charge is 0.276 e. The SMILES string of the molecule is COC(C)N1CN(C)c2c1nc[nH]c2=O. The minimum atomic E-state index is -0.117. The van der Waals surface area contributed by atoms with Crippen molar-refractivity contribution < 1.29 is 4.74 Å². The summed E-state index contributed by atoms with van der Waals surface area (Å²) in [6.07, 6.45) is 1.32. The van der Waals surface area contributed by atoms with Gasteiger partial charge in [0.05, 0.1) is 13.0 Å². The minimum Gasteiger partial charge on any atom is -0.362 e. The molecule has 0 spiro atoms. The molecule has 0 fully saturated rings. The fraction of sp³-hybridized carbons (Fsp3) is 0.556. The van der Waals surface area contributed by atoms with Crippen LogP contribution in [-0.4, -0.2) is 37.0 Å². The second kappa shape index (κ2) is 3.54. The molecule has 0 amide bonds. The molecule has 1 atom stereocenters. The summed E-state index contributed by atoms with van der Waals surface area (Å²) in [5.74, 6) is 0.676. The second-order valence-electron chi connectivity index (χ2n) is 3.55. The van der Waals surface area contributed by atoms with Gasteiger partial charge in [-0.3, -0.25) is 4.79 Å². The summed E-state index contributed by atoms with van der Waals surface area (Å²) in [7, 11) is 3.49. The predicted octanol–water partition coefficient (Wildman–Crippen LogP) is -0.0240. The number of H-pyrrole nitrogens is 1. The van der Waals surface area contributed by atoms with Crippen LogP contribution < -0.4 is 15.4 Å². The average molecular weight is 210 g/mol. The van der Waals surface area contributed by atoms with Crippen molar-refractivity contribution in [3.8, 4) is 0 Å². The van der Waals surface area contributed by atoms with Gasteiger partial charge in [0.1, 0.15) is 11.9 Å². The zero-order valence-corrected chi connectivity index (χ0v) is 9.02. The van der Waals surface area contributed by atoms with Crippen molar-refractivity contribution >= 4 is 11.5 Å². The van der Waals surface area contributed by atoms with Gasteiger partial charge >= 0.3 is 0 Å². The topological polar surface area (TPSA) is 61.5 Å². The summed E-state index contributed by atoms with van der Waals surface area (Å²) in [6.45, 7) is 2.54. The van der Waals surface area contributed by atoms with Crippen LogP contribution in [0.5, 0.6) is 0 Å². The summed E-state index contributed by atoms with van der Waals surface area (Å²) >= 11 is 0. The highest BCUT2D eigenvalue weighted by Gasteiger charge is 2.30. The Labute approximate surface area is 87.5 Å². The first kappa shape index (κ1) is 9.97. The quantitative estimate of drug-likeness (QED) is 0.743. The van der Waals surface area contributed by atoms with E-state index < -0.39 is 0 Å². The molecule has 1 aliphatic heterocycles. The minimum absolute atomic E-state index is 0.0944. The Morgan fingerprint density at radius 1 is 1.67 bits per heavy atom. The maximum atomic E-state index is 11.6. The molecule has 82 valence electrons. The van der Waals surface area contributed by atoms with Crippen LogP contribution in [0.3, 0.4) is 0 Å². The molecule has 0 radical (unpaired) electrons. The highest BCUT2D eigenvalue weighted by Crippen LogP contribution is 2.30. The van der Waals surface area contributed by atoms with Crippen LogP contribution in [0.2, 0.25) is 0 Å². The van der Waals surface area contributed by atoms with E-state index in [-0.39, 0.29) is 11.8 Å². The molecule has 6 nitrogen and oxygen atoms in total. The van der Waals surface area contributed by atoms with Gasteiger partial charge in [0, 0.05) is 14.2 Å². The maximum Gasteiger partial charge on any atom is 0.276 e. The van der Waals surface area contributed by atoms with Crippen LogP contribution >= 0.6 is 0 Å². The van der Waals surface area contributed by atoms with Gasteiger partial charge in [-0.2, -0.15) is 0 Å². The molecule has 2 heterocycles. The van der Waals surface area contributed by atoms with Gasteiger partial charge in [-0.05, 0) is 6.92 Å². The molecule has 0 saturated heterocycles. The number of rotatable bonds is 2. The summed E-state index contributed by atoms with van der Waals surface area (Å²) in [5.41, 5.74) is 0.481. The Kier molecular flexibility index (Phi) is 2.36. The number of hydrogen-bond acceptors (Lipinski definition) is 5. The number of fused-ring (bicyclic) bond motifs is 1. The lowest BCUT2D eigenvalue weighted by molar-refractivity contribution is 0.115. The number of hydrogen-bond donors (Lipinski definition) is 1. The number of anilines is 2. The van der Waals surface area contributed by atoms with E-state index in [1.54, 1.807) is 7.11 Å². The van der Waals surface area contributed by atoms with Crippen LogP contribution in [-0.2, 0) is 4.74 Å². The Hall–Kier alpha value is -1.56. The Morgan fingerprint density at radius 2 is 2.40 bits per heavy atom. The predicted molar refractivity (Wildman–Crippen MR) is 57.1 cm³/mol. The van der Waals surface area contributed by atoms with E-state index in [1.165, 1.54) is 6.33 Å². The second-order valence-corrected chi connectivity index (χ2v) is 3.55. The van der Waals surface area contributed by atoms with Gasteiger partial charge in [-0.1, -0.05) is 0 Å². The number of nitrogens with one attached hydrogen (secondary N) is 1. The van der Waals surface area contributed by atoms with Crippen molar-refractivity contribution in [2.24, 2.45) is 0 Å². The molecular weight excluding hydrogens is 196 g/mol. The van der Waals surface area contributed by atoms with Crippen LogP contribution in [0.25, 0.3) is 0 Å². The normalized spacial score (nSPS) is 16.7. The van der Waals surface area contributed by atoms with E-state index in [4.69, 9.17) is 4.74 Å². The molecule has 15 heavy (non-hydrogen) atoms. The molecule has 0 aliphatic carbocycles. The van der Waals surface area contributed by atoms with E-state index in [9.17, 15) is 4.79 Å². The van der Waals surface area contributed by atoms with Gasteiger partial charge < -0.3 is 19.5 Å². The molecule has 1 unspecified atom stereocenters. The number of nitrogens with zero attached hydrogens (tertiary/aromatic N) is 3. The van der Waals surface area contributed by atoms with Crippen molar-refractivity contribution in [3.63, 3.8) is 0 Å². The summed E-state index contributed by atoms with van der Waals surface area (Å²) in [6, 6.07) is 0. The third kappa shape index (κ3) is 1.46. The molecule has 1 aromatic rings. The van der Waals surface area contributed by atoms with Crippen molar-refractivity contribution in [2.45, 2.75) is 13.2 Å². The van der Waals surface area contributed by atoms with Crippen LogP contribution in [0.1, 0.15) is 6.92 Å². The summed E-state index contributed by atoms with van der Waals surface area (Å²) in [5, 5.41) is 0. The molecule has 0 aromatic carbocycles. The van der Waals surface area contributed by atoms with Gasteiger partial charge in [0.2, 0.25) is 0 Å². The number of aromatic amines is 1. The molecule has 1 aromatic heterocycles. The lowest BCUT2D eigenvalue weighted by atomic mass is 10.4. The fourth-order valence-electron chi connectivity index (χ4n) is 1.72. The highest BCUT2D eigenvalue weighted by atomic mass is 16.5. The largest absolute Gasteiger partial charge is 0.362 e. The monoisotopic (exact) mass is 210 g/mol. The molecular formula is C9H14N4O2. The van der Waals surface area contributed by atoms with E-state index in [0.29, 0.717) is 18.2 Å². The van der Waals surface area contributed by atoms with Crippen LogP contribution in [0.15, 0.2) is 11.1 Å². The summed E-state index contributed by atoms with van der Waals surface area (Å²) in [4.78, 5) is 22.1. The van der Waals surface area contributed by atoms with E-state index in [1.807, 2.05) is 23.8 Å². The third-order valence-electron chi connectivity index (χ3n) is 2.61. The molecule has 1 aliphatic rings. The lowest BCUT2D eigenvalue weighted by Crippen LogP contribution is -2.37. The van der Waals surface area contributed by atoms with E-state index in [2.05, 4.69) is 9.97 Å². The summed E-state index contributed by atoms with van der Waals surface area (Å²) < 4.78 is 5.23. The van der Waals surface area contributed by atoms with Gasteiger partial charge in [-0.15, -0.1) is 0 Å². The first-order valence-electron chi connectivity index (χ1n) is 4.73. The van der Waals surface area contributed by atoms with Crippen molar-refractivity contribution in [2.75, 3.05) is 30.6 Å². The van der Waals surface area contributed by atoms with Crippen molar-refractivity contribution in [1.29, 1.82) is 0 Å². The highest BCUT2D eigenvalue weighted by molar-refractivity contribution is 5.70. The number of ether oxygens (including phenoxy) is 1. The Bertz CT molecular complexity index is 417.